The number of alkyl carbamates (subject to hydrolysis) is 1. The standard InChI is InChI=1S/C14H26N2O5/c1-10(16-13(19)21-14(2,3)4)12(18)15-9-7-6-8-11(17)20-5/h10H,6-9H2,1-5H3,(H,15,18)(H,16,19). The molecule has 7 heteroatoms. The van der Waals surface area contributed by atoms with Crippen molar-refractivity contribution < 1.29 is 23.9 Å². The predicted octanol–water partition coefficient (Wildman–Crippen LogP) is 1.36. The minimum atomic E-state index is -0.680. The number of amides is 2. The van der Waals surface area contributed by atoms with Gasteiger partial charge in [0.05, 0.1) is 7.11 Å². The molecule has 0 saturated heterocycles. The summed E-state index contributed by atoms with van der Waals surface area (Å²) in [4.78, 5) is 34.1. The Morgan fingerprint density at radius 3 is 2.29 bits per heavy atom. The molecular weight excluding hydrogens is 276 g/mol. The van der Waals surface area contributed by atoms with E-state index in [1.54, 1.807) is 27.7 Å². The number of unbranched alkanes of at least 4 members (excludes halogenated alkanes) is 1. The van der Waals surface area contributed by atoms with E-state index >= 15 is 0 Å². The fourth-order valence-corrected chi connectivity index (χ4v) is 1.41. The zero-order valence-corrected chi connectivity index (χ0v) is 13.4. The molecule has 0 spiro atoms. The summed E-state index contributed by atoms with van der Waals surface area (Å²) in [7, 11) is 1.34. The van der Waals surface area contributed by atoms with Crippen molar-refractivity contribution in [3.05, 3.63) is 0 Å². The Hall–Kier alpha value is -1.79. The summed E-state index contributed by atoms with van der Waals surface area (Å²) in [6, 6.07) is -0.680. The van der Waals surface area contributed by atoms with Crippen LogP contribution in [0.3, 0.4) is 0 Å². The zero-order chi connectivity index (χ0) is 16.5. The van der Waals surface area contributed by atoms with Crippen LogP contribution in [-0.2, 0) is 19.1 Å². The van der Waals surface area contributed by atoms with E-state index < -0.39 is 17.7 Å². The van der Waals surface area contributed by atoms with Gasteiger partial charge in [-0.3, -0.25) is 9.59 Å². The average Bonchev–Trinajstić information content (AvgIpc) is 2.35. The van der Waals surface area contributed by atoms with E-state index in [1.165, 1.54) is 7.11 Å². The second-order valence-corrected chi connectivity index (χ2v) is 5.69. The minimum Gasteiger partial charge on any atom is -0.469 e. The molecule has 122 valence electrons. The predicted molar refractivity (Wildman–Crippen MR) is 77.7 cm³/mol. The molecule has 0 aromatic heterocycles. The van der Waals surface area contributed by atoms with Gasteiger partial charge in [-0.1, -0.05) is 0 Å². The molecule has 0 saturated carbocycles. The molecule has 0 fully saturated rings. The number of carbonyl (C=O) groups excluding carboxylic acids is 3. The number of rotatable bonds is 7. The van der Waals surface area contributed by atoms with Crippen LogP contribution in [0.1, 0.15) is 47.0 Å². The van der Waals surface area contributed by atoms with Gasteiger partial charge in [0.1, 0.15) is 11.6 Å². The smallest absolute Gasteiger partial charge is 0.408 e. The Balaban J connectivity index is 3.85. The van der Waals surface area contributed by atoms with Crippen molar-refractivity contribution in [3.8, 4) is 0 Å². The van der Waals surface area contributed by atoms with Crippen LogP contribution in [0.5, 0.6) is 0 Å². The summed E-state index contributed by atoms with van der Waals surface area (Å²) in [6.07, 6.45) is 1.01. The third-order valence-corrected chi connectivity index (χ3v) is 2.46. The van der Waals surface area contributed by atoms with E-state index in [2.05, 4.69) is 15.4 Å². The van der Waals surface area contributed by atoms with E-state index in [1.807, 2.05) is 0 Å². The van der Waals surface area contributed by atoms with Crippen LogP contribution >= 0.6 is 0 Å². The number of nitrogens with one attached hydrogen (secondary N) is 2. The lowest BCUT2D eigenvalue weighted by molar-refractivity contribution is -0.140. The molecule has 0 aliphatic carbocycles. The lowest BCUT2D eigenvalue weighted by Crippen LogP contribution is -2.46. The number of carbonyl (C=O) groups is 3. The highest BCUT2D eigenvalue weighted by atomic mass is 16.6. The first-order chi connectivity index (χ1) is 9.65. The van der Waals surface area contributed by atoms with Gasteiger partial charge in [-0.15, -0.1) is 0 Å². The second kappa shape index (κ2) is 9.20. The first-order valence-corrected chi connectivity index (χ1v) is 6.99. The first-order valence-electron chi connectivity index (χ1n) is 6.99. The molecule has 2 N–H and O–H groups in total. The molecule has 0 heterocycles. The number of hydrogen-bond acceptors (Lipinski definition) is 5. The van der Waals surface area contributed by atoms with Crippen LogP contribution < -0.4 is 10.6 Å². The van der Waals surface area contributed by atoms with E-state index in [4.69, 9.17) is 4.74 Å². The van der Waals surface area contributed by atoms with E-state index in [-0.39, 0.29) is 11.9 Å². The Kier molecular flexibility index (Phi) is 8.42. The molecular formula is C14H26N2O5. The van der Waals surface area contributed by atoms with Crippen LogP contribution in [-0.4, -0.2) is 43.3 Å². The molecule has 0 radical (unpaired) electrons. The van der Waals surface area contributed by atoms with Gasteiger partial charge in [0.15, 0.2) is 0 Å². The molecule has 0 bridgehead atoms. The lowest BCUT2D eigenvalue weighted by Gasteiger charge is -2.21. The van der Waals surface area contributed by atoms with Gasteiger partial charge in [-0.05, 0) is 40.5 Å². The van der Waals surface area contributed by atoms with Gasteiger partial charge in [0.2, 0.25) is 5.91 Å². The van der Waals surface area contributed by atoms with Crippen molar-refractivity contribution >= 4 is 18.0 Å². The van der Waals surface area contributed by atoms with Crippen molar-refractivity contribution in [3.63, 3.8) is 0 Å². The third kappa shape index (κ3) is 10.6. The summed E-state index contributed by atoms with van der Waals surface area (Å²) in [5.41, 5.74) is -0.603. The van der Waals surface area contributed by atoms with Crippen molar-refractivity contribution in [1.82, 2.24) is 10.6 Å². The van der Waals surface area contributed by atoms with Crippen LogP contribution in [0, 0.1) is 0 Å². The maximum Gasteiger partial charge on any atom is 0.408 e. The van der Waals surface area contributed by atoms with Crippen molar-refractivity contribution in [2.24, 2.45) is 0 Å². The van der Waals surface area contributed by atoms with E-state index in [0.717, 1.165) is 0 Å². The highest BCUT2D eigenvalue weighted by Gasteiger charge is 2.20. The Bertz CT molecular complexity index is 363. The summed E-state index contributed by atoms with van der Waals surface area (Å²) >= 11 is 0. The summed E-state index contributed by atoms with van der Waals surface area (Å²) in [5, 5.41) is 5.14. The lowest BCUT2D eigenvalue weighted by atomic mass is 10.2. The van der Waals surface area contributed by atoms with Gasteiger partial charge >= 0.3 is 12.1 Å². The number of hydrogen-bond donors (Lipinski definition) is 2. The van der Waals surface area contributed by atoms with Gasteiger partial charge < -0.3 is 20.1 Å². The van der Waals surface area contributed by atoms with Crippen LogP contribution in [0.4, 0.5) is 4.79 Å². The fourth-order valence-electron chi connectivity index (χ4n) is 1.41. The number of methoxy groups -OCH3 is 1. The average molecular weight is 302 g/mol. The zero-order valence-electron chi connectivity index (χ0n) is 13.4. The minimum absolute atomic E-state index is 0.263. The Morgan fingerprint density at radius 1 is 1.14 bits per heavy atom. The van der Waals surface area contributed by atoms with Gasteiger partial charge in [0.25, 0.3) is 0 Å². The number of ether oxygens (including phenoxy) is 2. The molecule has 1 atom stereocenters. The first kappa shape index (κ1) is 19.2. The quantitative estimate of drug-likeness (QED) is 0.547. The SMILES string of the molecule is COC(=O)CCCCNC(=O)C(C)NC(=O)OC(C)(C)C. The largest absolute Gasteiger partial charge is 0.469 e. The molecule has 2 amide bonds. The summed E-state index contributed by atoms with van der Waals surface area (Å²) < 4.78 is 9.57. The van der Waals surface area contributed by atoms with Crippen LogP contribution in [0.15, 0.2) is 0 Å². The van der Waals surface area contributed by atoms with Crippen LogP contribution in [0.25, 0.3) is 0 Å². The Morgan fingerprint density at radius 2 is 1.76 bits per heavy atom. The van der Waals surface area contributed by atoms with Gasteiger partial charge in [0, 0.05) is 13.0 Å². The second-order valence-electron chi connectivity index (χ2n) is 5.69. The van der Waals surface area contributed by atoms with Crippen molar-refractivity contribution in [1.29, 1.82) is 0 Å². The molecule has 1 unspecified atom stereocenters. The maximum atomic E-state index is 11.7. The molecule has 0 aliphatic heterocycles. The van der Waals surface area contributed by atoms with Gasteiger partial charge in [-0.25, -0.2) is 4.79 Å². The third-order valence-electron chi connectivity index (χ3n) is 2.46. The molecule has 7 nitrogen and oxygen atoms in total. The van der Waals surface area contributed by atoms with E-state index in [0.29, 0.717) is 25.8 Å². The van der Waals surface area contributed by atoms with E-state index in [9.17, 15) is 14.4 Å². The summed E-state index contributed by atoms with van der Waals surface area (Å²) in [5.74, 6) is -0.555. The summed E-state index contributed by atoms with van der Waals surface area (Å²) in [6.45, 7) is 7.26. The molecule has 0 aromatic carbocycles. The topological polar surface area (TPSA) is 93.7 Å². The fraction of sp³-hybridized carbons (Fsp3) is 0.786. The molecule has 0 aliphatic rings. The monoisotopic (exact) mass is 302 g/mol. The highest BCUT2D eigenvalue weighted by molar-refractivity contribution is 5.85. The van der Waals surface area contributed by atoms with Gasteiger partial charge in [-0.2, -0.15) is 0 Å². The van der Waals surface area contributed by atoms with Crippen molar-refractivity contribution in [2.75, 3.05) is 13.7 Å². The van der Waals surface area contributed by atoms with Crippen LogP contribution in [0.2, 0.25) is 0 Å². The molecule has 21 heavy (non-hydrogen) atoms. The highest BCUT2D eigenvalue weighted by Crippen LogP contribution is 2.06. The normalized spacial score (nSPS) is 12.2. The number of esters is 1. The Labute approximate surface area is 125 Å². The molecule has 0 rings (SSSR count). The molecule has 0 aromatic rings. The van der Waals surface area contributed by atoms with Crippen molar-refractivity contribution in [2.45, 2.75) is 58.6 Å². The maximum absolute atomic E-state index is 11.7.